The number of hydrogen-bond donors (Lipinski definition) is 1. The van der Waals surface area contributed by atoms with Gasteiger partial charge < -0.3 is 14.0 Å². The van der Waals surface area contributed by atoms with Gasteiger partial charge in [0.1, 0.15) is 10.6 Å². The van der Waals surface area contributed by atoms with Crippen LogP contribution >= 0.6 is 0 Å². The predicted molar refractivity (Wildman–Crippen MR) is 101 cm³/mol. The highest BCUT2D eigenvalue weighted by molar-refractivity contribution is 7.90. The van der Waals surface area contributed by atoms with Crippen molar-refractivity contribution in [2.24, 2.45) is 11.8 Å². The van der Waals surface area contributed by atoms with Crippen LogP contribution in [0.15, 0.2) is 6.20 Å². The van der Waals surface area contributed by atoms with Crippen LogP contribution in [0.5, 0.6) is 0 Å². The van der Waals surface area contributed by atoms with Crippen LogP contribution in [0.1, 0.15) is 58.6 Å². The maximum absolute atomic E-state index is 12.5. The number of likely N-dealkylation sites (tertiary alicyclic amines) is 1. The van der Waals surface area contributed by atoms with Crippen LogP contribution in [-0.2, 0) is 17.9 Å². The maximum Gasteiger partial charge on any atom is 0.136 e. The van der Waals surface area contributed by atoms with E-state index in [2.05, 4.69) is 48.2 Å². The van der Waals surface area contributed by atoms with Gasteiger partial charge in [0.15, 0.2) is 0 Å². The summed E-state index contributed by atoms with van der Waals surface area (Å²) in [5, 5.41) is 0. The molecule has 24 heavy (non-hydrogen) atoms. The average Bonchev–Trinajstić information content (AvgIpc) is 3.01. The van der Waals surface area contributed by atoms with Crippen LogP contribution in [0.25, 0.3) is 0 Å². The molecule has 2 heterocycles. The fourth-order valence-corrected chi connectivity index (χ4v) is 4.13. The predicted octanol–water partition coefficient (Wildman–Crippen LogP) is 2.89. The van der Waals surface area contributed by atoms with E-state index in [0.29, 0.717) is 11.8 Å². The lowest BCUT2D eigenvalue weighted by Gasteiger charge is -2.28. The van der Waals surface area contributed by atoms with Crippen molar-refractivity contribution in [1.82, 2.24) is 19.2 Å². The van der Waals surface area contributed by atoms with E-state index in [1.54, 1.807) is 0 Å². The number of rotatable bonds is 6. The fraction of sp³-hybridized carbons (Fsp3) is 0.833. The van der Waals surface area contributed by atoms with E-state index in [0.717, 1.165) is 24.6 Å². The molecular formula is C18H34N4OS. The molecule has 1 saturated heterocycles. The van der Waals surface area contributed by atoms with E-state index in [1.165, 1.54) is 13.0 Å². The molecule has 0 aromatic carbocycles. The van der Waals surface area contributed by atoms with Gasteiger partial charge in [-0.1, -0.05) is 13.8 Å². The summed E-state index contributed by atoms with van der Waals surface area (Å²) in [7, 11) is 2.19. The number of hydrogen-bond acceptors (Lipinski definition) is 4. The Labute approximate surface area is 150 Å². The highest BCUT2D eigenvalue weighted by atomic mass is 32.2. The summed E-state index contributed by atoms with van der Waals surface area (Å²) in [6.45, 7) is 15.7. The molecule has 0 bridgehead atoms. The van der Waals surface area contributed by atoms with Crippen molar-refractivity contribution < 1.29 is 4.55 Å². The van der Waals surface area contributed by atoms with Crippen molar-refractivity contribution in [2.75, 3.05) is 20.1 Å². The molecule has 1 aromatic rings. The Kier molecular flexibility index (Phi) is 6.40. The van der Waals surface area contributed by atoms with E-state index >= 15 is 0 Å². The van der Waals surface area contributed by atoms with E-state index in [1.807, 2.05) is 20.8 Å². The summed E-state index contributed by atoms with van der Waals surface area (Å²) in [6, 6.07) is 0.0104. The van der Waals surface area contributed by atoms with E-state index in [-0.39, 0.29) is 10.8 Å². The van der Waals surface area contributed by atoms with Gasteiger partial charge in [0.25, 0.3) is 0 Å². The number of aryl methyl sites for hydroxylation is 1. The first-order valence-corrected chi connectivity index (χ1v) is 10.1. The summed E-state index contributed by atoms with van der Waals surface area (Å²) < 4.78 is 17.8. The normalized spacial score (nSPS) is 22.3. The van der Waals surface area contributed by atoms with Gasteiger partial charge >= 0.3 is 0 Å². The Balaban J connectivity index is 2.12. The first-order chi connectivity index (χ1) is 11.1. The quantitative estimate of drug-likeness (QED) is 0.798. The van der Waals surface area contributed by atoms with Gasteiger partial charge in [0.2, 0.25) is 0 Å². The fourth-order valence-electron chi connectivity index (χ4n) is 3.15. The Morgan fingerprint density at radius 3 is 2.58 bits per heavy atom. The number of imidazole rings is 1. The lowest BCUT2D eigenvalue weighted by atomic mass is 10.0. The Bertz CT molecular complexity index is 538. The molecule has 0 saturated carbocycles. The van der Waals surface area contributed by atoms with Crippen molar-refractivity contribution in [1.29, 1.82) is 0 Å². The third-order valence-corrected chi connectivity index (χ3v) is 6.29. The van der Waals surface area contributed by atoms with Gasteiger partial charge in [0.05, 0.1) is 11.7 Å². The average molecular weight is 355 g/mol. The topological polar surface area (TPSA) is 56.2 Å². The molecule has 3 atom stereocenters. The molecule has 5 nitrogen and oxygen atoms in total. The zero-order valence-corrected chi connectivity index (χ0v) is 17.1. The second-order valence-electron chi connectivity index (χ2n) is 8.50. The highest BCUT2D eigenvalue weighted by Gasteiger charge is 2.32. The molecule has 138 valence electrons. The third kappa shape index (κ3) is 4.97. The molecule has 1 aliphatic heterocycles. The minimum absolute atomic E-state index is 0.0104. The van der Waals surface area contributed by atoms with Gasteiger partial charge in [-0.2, -0.15) is 0 Å². The van der Waals surface area contributed by atoms with Crippen molar-refractivity contribution in [2.45, 2.75) is 65.3 Å². The highest BCUT2D eigenvalue weighted by Crippen LogP contribution is 2.26. The number of nitrogens with one attached hydrogen (secondary N) is 1. The Morgan fingerprint density at radius 2 is 2.08 bits per heavy atom. The number of aromatic nitrogens is 2. The molecular weight excluding hydrogens is 320 g/mol. The molecule has 2 unspecified atom stereocenters. The van der Waals surface area contributed by atoms with Gasteiger partial charge in [-0.15, -0.1) is 4.72 Å². The van der Waals surface area contributed by atoms with E-state index < -0.39 is 11.4 Å². The number of nitrogens with zero attached hydrogens (tertiary/aromatic N) is 3. The summed E-state index contributed by atoms with van der Waals surface area (Å²) in [6.07, 6.45) is 3.41. The van der Waals surface area contributed by atoms with Crippen molar-refractivity contribution >= 4 is 11.4 Å². The Hall–Kier alpha value is -0.560. The van der Waals surface area contributed by atoms with E-state index in [4.69, 9.17) is 4.98 Å². The molecule has 0 spiro atoms. The molecule has 6 heteroatoms. The molecule has 0 radical (unpaired) electrons. The SMILES string of the molecule is Cc1nc(C(N[S+]([O-])C(C)(C)C)C(C)C)cn1C[C@H]1CCN(C)C1. The second kappa shape index (κ2) is 7.77. The van der Waals surface area contributed by atoms with Gasteiger partial charge in [-0.05, 0) is 59.5 Å². The largest absolute Gasteiger partial charge is 0.598 e. The zero-order valence-electron chi connectivity index (χ0n) is 16.3. The second-order valence-corrected chi connectivity index (χ2v) is 10.5. The van der Waals surface area contributed by atoms with Crippen LogP contribution in [0.2, 0.25) is 0 Å². The maximum atomic E-state index is 12.5. The summed E-state index contributed by atoms with van der Waals surface area (Å²) in [5.41, 5.74) is 1.01. The smallest absolute Gasteiger partial charge is 0.136 e. The van der Waals surface area contributed by atoms with Crippen LogP contribution in [0.4, 0.5) is 0 Å². The van der Waals surface area contributed by atoms with Gasteiger partial charge in [-0.3, -0.25) is 0 Å². The molecule has 1 aromatic heterocycles. The lowest BCUT2D eigenvalue weighted by molar-refractivity contribution is 0.376. The van der Waals surface area contributed by atoms with Gasteiger partial charge in [-0.25, -0.2) is 4.98 Å². The van der Waals surface area contributed by atoms with E-state index in [9.17, 15) is 4.55 Å². The molecule has 0 amide bonds. The minimum Gasteiger partial charge on any atom is -0.598 e. The molecule has 1 aliphatic rings. The van der Waals surface area contributed by atoms with Crippen LogP contribution in [-0.4, -0.2) is 43.9 Å². The first-order valence-electron chi connectivity index (χ1n) is 8.98. The lowest BCUT2D eigenvalue weighted by Crippen LogP contribution is -2.42. The minimum atomic E-state index is -1.10. The van der Waals surface area contributed by atoms with Crippen LogP contribution in [0.3, 0.4) is 0 Å². The third-order valence-electron chi connectivity index (χ3n) is 4.71. The molecule has 1 N–H and O–H groups in total. The van der Waals surface area contributed by atoms with Crippen molar-refractivity contribution in [3.63, 3.8) is 0 Å². The summed E-state index contributed by atoms with van der Waals surface area (Å²) in [5.74, 6) is 2.08. The van der Waals surface area contributed by atoms with Crippen LogP contribution < -0.4 is 4.72 Å². The zero-order chi connectivity index (χ0) is 18.1. The van der Waals surface area contributed by atoms with Crippen LogP contribution in [0, 0.1) is 18.8 Å². The van der Waals surface area contributed by atoms with Crippen molar-refractivity contribution in [3.8, 4) is 0 Å². The van der Waals surface area contributed by atoms with Gasteiger partial charge in [0, 0.05) is 30.6 Å². The Morgan fingerprint density at radius 1 is 1.42 bits per heavy atom. The molecule has 1 fully saturated rings. The van der Waals surface area contributed by atoms with Crippen molar-refractivity contribution in [3.05, 3.63) is 17.7 Å². The summed E-state index contributed by atoms with van der Waals surface area (Å²) in [4.78, 5) is 7.17. The summed E-state index contributed by atoms with van der Waals surface area (Å²) >= 11 is -1.10. The standard InChI is InChI=1S/C18H34N4OS/c1-13(2)17(20-24(23)18(4,5)6)16-12-22(14(3)19-16)11-15-8-9-21(7)10-15/h12-13,15,17,20H,8-11H2,1-7H3/t15-,17?,24?/m0/s1. The monoisotopic (exact) mass is 354 g/mol. The first kappa shape index (κ1) is 19.8. The molecule has 0 aliphatic carbocycles. The molecule has 2 rings (SSSR count).